The van der Waals surface area contributed by atoms with Gasteiger partial charge in [0, 0.05) is 31.5 Å². The molecule has 0 saturated carbocycles. The number of thioether (sulfide) groups is 1. The number of nitrogens with zero attached hydrogens (tertiary/aromatic N) is 2. The van der Waals surface area contributed by atoms with Crippen molar-refractivity contribution in [1.82, 2.24) is 14.3 Å². The maximum atomic E-state index is 12.5. The molecule has 3 rings (SSSR count). The van der Waals surface area contributed by atoms with Gasteiger partial charge < -0.3 is 4.57 Å². The van der Waals surface area contributed by atoms with E-state index in [1.165, 1.54) is 0 Å². The van der Waals surface area contributed by atoms with E-state index < -0.39 is 10.0 Å². The zero-order valence-corrected chi connectivity index (χ0v) is 15.2. The van der Waals surface area contributed by atoms with Gasteiger partial charge in [-0.15, -0.1) is 0 Å². The summed E-state index contributed by atoms with van der Waals surface area (Å²) in [6, 6.07) is 3.66. The van der Waals surface area contributed by atoms with Gasteiger partial charge >= 0.3 is 0 Å². The number of benzene rings is 1. The van der Waals surface area contributed by atoms with E-state index in [0.717, 1.165) is 39.8 Å². The molecule has 0 spiro atoms. The van der Waals surface area contributed by atoms with Crippen LogP contribution in [-0.4, -0.2) is 30.3 Å². The van der Waals surface area contributed by atoms with Gasteiger partial charge in [-0.2, -0.15) is 0 Å². The van der Waals surface area contributed by atoms with Crippen LogP contribution in [0.25, 0.3) is 0 Å². The lowest BCUT2D eigenvalue weighted by Gasteiger charge is -2.11. The van der Waals surface area contributed by atoms with Crippen LogP contribution < -0.4 is 4.72 Å². The van der Waals surface area contributed by atoms with E-state index in [9.17, 15) is 8.42 Å². The Labute approximate surface area is 141 Å². The summed E-state index contributed by atoms with van der Waals surface area (Å²) in [7, 11) is -3.49. The van der Waals surface area contributed by atoms with Gasteiger partial charge in [-0.1, -0.05) is 17.8 Å². The zero-order valence-electron chi connectivity index (χ0n) is 13.6. The van der Waals surface area contributed by atoms with Gasteiger partial charge in [0.15, 0.2) is 5.16 Å². The Hall–Kier alpha value is -1.31. The number of nitrogens with one attached hydrogen (secondary N) is 1. The Bertz CT molecular complexity index is 820. The number of sulfonamides is 1. The summed E-state index contributed by atoms with van der Waals surface area (Å²) >= 11 is 1.74. The Balaban J connectivity index is 1.68. The average Bonchev–Trinajstić information content (AvgIpc) is 3.03. The number of hydrogen-bond acceptors (Lipinski definition) is 4. The highest BCUT2D eigenvalue weighted by atomic mass is 32.2. The maximum Gasteiger partial charge on any atom is 0.240 e. The normalized spacial score (nSPS) is 14.2. The summed E-state index contributed by atoms with van der Waals surface area (Å²) < 4.78 is 29.8. The van der Waals surface area contributed by atoms with E-state index >= 15 is 0 Å². The van der Waals surface area contributed by atoms with Crippen molar-refractivity contribution in [2.75, 3.05) is 12.3 Å². The molecule has 0 aliphatic carbocycles. The fraction of sp³-hybridized carbons (Fsp3) is 0.438. The number of aryl methyl sites for hydroxylation is 4. The topological polar surface area (TPSA) is 64.0 Å². The predicted octanol–water partition coefficient (Wildman–Crippen LogP) is 2.44. The van der Waals surface area contributed by atoms with Crippen molar-refractivity contribution in [3.63, 3.8) is 0 Å². The summed E-state index contributed by atoms with van der Waals surface area (Å²) in [6.45, 7) is 7.09. The molecular weight excluding hydrogens is 330 g/mol. The van der Waals surface area contributed by atoms with E-state index in [-0.39, 0.29) is 0 Å². The molecule has 0 bridgehead atoms. The lowest BCUT2D eigenvalue weighted by atomic mass is 10.1. The van der Waals surface area contributed by atoms with Crippen LogP contribution in [0.5, 0.6) is 0 Å². The second kappa shape index (κ2) is 6.30. The highest BCUT2D eigenvalue weighted by Gasteiger charge is 2.18. The molecule has 2 heterocycles. The molecule has 0 atom stereocenters. The van der Waals surface area contributed by atoms with Crippen molar-refractivity contribution >= 4 is 21.8 Å². The lowest BCUT2D eigenvalue weighted by molar-refractivity contribution is 0.580. The number of aromatic nitrogens is 2. The van der Waals surface area contributed by atoms with Crippen LogP contribution in [-0.2, 0) is 23.0 Å². The highest BCUT2D eigenvalue weighted by molar-refractivity contribution is 7.99. The van der Waals surface area contributed by atoms with Crippen LogP contribution >= 0.6 is 11.8 Å². The molecule has 124 valence electrons. The van der Waals surface area contributed by atoms with Crippen LogP contribution in [0.1, 0.15) is 22.4 Å². The molecule has 1 aromatic carbocycles. The Morgan fingerprint density at radius 2 is 1.96 bits per heavy atom. The molecule has 1 N–H and O–H groups in total. The first kappa shape index (κ1) is 16.5. The van der Waals surface area contributed by atoms with E-state index in [2.05, 4.69) is 14.3 Å². The summed E-state index contributed by atoms with van der Waals surface area (Å²) in [4.78, 5) is 4.88. The average molecular weight is 351 g/mol. The quantitative estimate of drug-likeness (QED) is 0.899. The van der Waals surface area contributed by atoms with Gasteiger partial charge in [0.2, 0.25) is 10.0 Å². The van der Waals surface area contributed by atoms with Crippen molar-refractivity contribution in [2.45, 2.75) is 43.8 Å². The molecule has 7 heteroatoms. The minimum Gasteiger partial charge on any atom is -0.325 e. The largest absolute Gasteiger partial charge is 0.325 e. The van der Waals surface area contributed by atoms with Gasteiger partial charge in [-0.25, -0.2) is 18.1 Å². The SMILES string of the molecule is Cc1cc(C)c(S(=O)(=O)NCCc2cn3c(n2)SCC3)cc1C. The summed E-state index contributed by atoms with van der Waals surface area (Å²) in [5.74, 6) is 1.07. The third-order valence-corrected chi connectivity index (χ3v) is 6.68. The Morgan fingerprint density at radius 3 is 2.70 bits per heavy atom. The zero-order chi connectivity index (χ0) is 16.6. The second-order valence-corrected chi connectivity index (χ2v) is 8.70. The van der Waals surface area contributed by atoms with Gasteiger partial charge in [0.05, 0.1) is 10.6 Å². The van der Waals surface area contributed by atoms with Crippen molar-refractivity contribution in [1.29, 1.82) is 0 Å². The Morgan fingerprint density at radius 1 is 1.22 bits per heavy atom. The van der Waals surface area contributed by atoms with E-state index in [0.29, 0.717) is 17.9 Å². The van der Waals surface area contributed by atoms with Crippen LogP contribution in [0.2, 0.25) is 0 Å². The van der Waals surface area contributed by atoms with Gasteiger partial charge in [0.1, 0.15) is 0 Å². The molecule has 1 aliphatic rings. The molecule has 2 aromatic rings. The first-order valence-corrected chi connectivity index (χ1v) is 10.1. The lowest BCUT2D eigenvalue weighted by Crippen LogP contribution is -2.27. The summed E-state index contributed by atoms with van der Waals surface area (Å²) in [6.07, 6.45) is 2.62. The highest BCUT2D eigenvalue weighted by Crippen LogP contribution is 2.24. The van der Waals surface area contributed by atoms with Crippen molar-refractivity contribution in [3.8, 4) is 0 Å². The Kier molecular flexibility index (Phi) is 4.53. The second-order valence-electron chi connectivity index (χ2n) is 5.91. The standard InChI is InChI=1S/C16H21N3O2S2/c1-11-8-13(3)15(9-12(11)2)23(20,21)17-5-4-14-10-19-6-7-22-16(19)18-14/h8-10,17H,4-7H2,1-3H3. The third kappa shape index (κ3) is 3.46. The molecule has 5 nitrogen and oxygen atoms in total. The van der Waals surface area contributed by atoms with Crippen LogP contribution in [0.4, 0.5) is 0 Å². The third-order valence-electron chi connectivity index (χ3n) is 4.11. The minimum atomic E-state index is -3.49. The van der Waals surface area contributed by atoms with E-state index in [1.54, 1.807) is 17.8 Å². The summed E-state index contributed by atoms with van der Waals surface area (Å²) in [5, 5.41) is 1.04. The molecular formula is C16H21N3O2S2. The van der Waals surface area contributed by atoms with Crippen LogP contribution in [0.15, 0.2) is 28.4 Å². The predicted molar refractivity (Wildman–Crippen MR) is 92.5 cm³/mol. The number of imidazole rings is 1. The van der Waals surface area contributed by atoms with Crippen molar-refractivity contribution in [2.24, 2.45) is 0 Å². The molecule has 1 aliphatic heterocycles. The monoisotopic (exact) mass is 351 g/mol. The molecule has 0 unspecified atom stereocenters. The minimum absolute atomic E-state index is 0.357. The van der Waals surface area contributed by atoms with E-state index in [4.69, 9.17) is 0 Å². The molecule has 0 amide bonds. The van der Waals surface area contributed by atoms with Crippen molar-refractivity contribution in [3.05, 3.63) is 40.7 Å². The molecule has 0 radical (unpaired) electrons. The number of fused-ring (bicyclic) bond motifs is 1. The van der Waals surface area contributed by atoms with Crippen molar-refractivity contribution < 1.29 is 8.42 Å². The molecule has 0 fully saturated rings. The first-order chi connectivity index (χ1) is 10.9. The van der Waals surface area contributed by atoms with Gasteiger partial charge in [0.25, 0.3) is 0 Å². The molecule has 0 saturated heterocycles. The van der Waals surface area contributed by atoms with Crippen LogP contribution in [0.3, 0.4) is 0 Å². The van der Waals surface area contributed by atoms with E-state index in [1.807, 2.05) is 33.0 Å². The molecule has 1 aromatic heterocycles. The number of rotatable bonds is 5. The smallest absolute Gasteiger partial charge is 0.240 e. The molecule has 23 heavy (non-hydrogen) atoms. The number of hydrogen-bond donors (Lipinski definition) is 1. The first-order valence-electron chi connectivity index (χ1n) is 7.63. The van der Waals surface area contributed by atoms with Gasteiger partial charge in [-0.05, 0) is 43.5 Å². The van der Waals surface area contributed by atoms with Crippen LogP contribution in [0, 0.1) is 20.8 Å². The summed E-state index contributed by atoms with van der Waals surface area (Å²) in [5.41, 5.74) is 3.80. The fourth-order valence-corrected chi connectivity index (χ4v) is 5.00. The fourth-order valence-electron chi connectivity index (χ4n) is 2.70. The maximum absolute atomic E-state index is 12.5. The van der Waals surface area contributed by atoms with Gasteiger partial charge in [-0.3, -0.25) is 0 Å².